The van der Waals surface area contributed by atoms with Crippen molar-refractivity contribution < 1.29 is 23.3 Å². The Kier molecular flexibility index (Phi) is 7.19. The third kappa shape index (κ3) is 5.05. The van der Waals surface area contributed by atoms with Crippen LogP contribution >= 0.6 is 11.6 Å². The molecule has 1 fully saturated rings. The molecule has 2 aromatic heterocycles. The molecule has 1 saturated heterocycles. The number of rotatable bonds is 5. The van der Waals surface area contributed by atoms with Crippen molar-refractivity contribution in [2.75, 3.05) is 36.5 Å². The van der Waals surface area contributed by atoms with Crippen LogP contribution in [0.3, 0.4) is 0 Å². The van der Waals surface area contributed by atoms with E-state index in [4.69, 9.17) is 25.5 Å². The van der Waals surface area contributed by atoms with Gasteiger partial charge >= 0.3 is 7.12 Å². The highest BCUT2D eigenvalue weighted by atomic mass is 35.5. The van der Waals surface area contributed by atoms with E-state index in [9.17, 15) is 9.82 Å². The second-order valence-corrected chi connectivity index (χ2v) is 10.6. The Hall–Kier alpha value is -3.93. The van der Waals surface area contributed by atoms with Gasteiger partial charge in [0.25, 0.3) is 0 Å². The smallest absolute Gasteiger partial charge is 0.440 e. The lowest BCUT2D eigenvalue weighted by molar-refractivity contribution is 0.120. The molecule has 2 N–H and O–H groups in total. The number of aryl methyl sites for hydroxylation is 1. The van der Waals surface area contributed by atoms with E-state index in [0.717, 1.165) is 11.1 Å². The van der Waals surface area contributed by atoms with Crippen LogP contribution < -0.4 is 21.1 Å². The summed E-state index contributed by atoms with van der Waals surface area (Å²) in [7, 11) is -1.50. The molecule has 4 heterocycles. The number of anilines is 2. The van der Waals surface area contributed by atoms with Crippen molar-refractivity contribution in [3.8, 4) is 11.3 Å². The monoisotopic (exact) mass is 576 g/mol. The van der Waals surface area contributed by atoms with Crippen molar-refractivity contribution >= 4 is 52.9 Å². The van der Waals surface area contributed by atoms with E-state index in [-0.39, 0.29) is 22.1 Å². The number of hydrogen-bond acceptors (Lipinski definition) is 9. The Morgan fingerprint density at radius 3 is 2.73 bits per heavy atom. The predicted octanol–water partition coefficient (Wildman–Crippen LogP) is 4.33. The third-order valence-corrected chi connectivity index (χ3v) is 7.61. The first-order valence-corrected chi connectivity index (χ1v) is 13.6. The molecule has 0 aliphatic carbocycles. The number of fused-ring (bicyclic) bond motifs is 2. The minimum Gasteiger partial charge on any atom is -0.440 e. The predicted molar refractivity (Wildman–Crippen MR) is 158 cm³/mol. The fourth-order valence-corrected chi connectivity index (χ4v) is 5.52. The van der Waals surface area contributed by atoms with Gasteiger partial charge in [-0.3, -0.25) is 4.79 Å². The summed E-state index contributed by atoms with van der Waals surface area (Å²) in [4.78, 5) is 20.0. The molecule has 1 atom stereocenters. The summed E-state index contributed by atoms with van der Waals surface area (Å²) >= 11 is 6.27. The number of benzene rings is 2. The largest absolute Gasteiger partial charge is 0.586 e. The van der Waals surface area contributed by atoms with Crippen LogP contribution in [0, 0.1) is 19.7 Å². The Labute approximate surface area is 240 Å². The second kappa shape index (κ2) is 10.8. The average molecular weight is 577 g/mol. The maximum atomic E-state index is 15.1. The molecular formula is C29H27BClFN4O5. The molecule has 4 aromatic rings. The number of nitrogens with one attached hydrogen (secondary N) is 1. The molecule has 0 bridgehead atoms. The standard InChI is InChI=1S/C29H27BClFN4O5/c1-15-10-20(28-21(11-15)27(37)16(2)29(40-28)36-6-8-39-9-7-36)17(3)34-23-4-5-24(31)35-26(23)18-12-19-14-33-41-30(38)25(19)22(32)13-18/h4-5,10-14,17,34,38H,6-9H2,1-3H3/t17-/m1/s1. The molecule has 12 heteroatoms. The van der Waals surface area contributed by atoms with Crippen LogP contribution in [0.5, 0.6) is 0 Å². The highest BCUT2D eigenvalue weighted by Crippen LogP contribution is 2.35. The second-order valence-electron chi connectivity index (χ2n) is 10.2. The maximum Gasteiger partial charge on any atom is 0.586 e. The van der Waals surface area contributed by atoms with Crippen LogP contribution in [0.4, 0.5) is 16.0 Å². The van der Waals surface area contributed by atoms with Gasteiger partial charge in [0.05, 0.1) is 47.8 Å². The summed E-state index contributed by atoms with van der Waals surface area (Å²) in [6.07, 6.45) is 1.34. The van der Waals surface area contributed by atoms with Gasteiger partial charge in [-0.2, -0.15) is 0 Å². The zero-order chi connectivity index (χ0) is 28.8. The topological polar surface area (TPSA) is 109 Å². The van der Waals surface area contributed by atoms with Crippen molar-refractivity contribution in [1.29, 1.82) is 0 Å². The van der Waals surface area contributed by atoms with Crippen LogP contribution in [0.1, 0.15) is 35.2 Å². The Bertz CT molecular complexity index is 1760. The van der Waals surface area contributed by atoms with E-state index in [1.807, 2.05) is 30.9 Å². The van der Waals surface area contributed by atoms with Crippen molar-refractivity contribution in [1.82, 2.24) is 4.98 Å². The summed E-state index contributed by atoms with van der Waals surface area (Å²) < 4.78 is 31.8. The first-order chi connectivity index (χ1) is 19.7. The number of oxime groups is 1. The quantitative estimate of drug-likeness (QED) is 0.267. The Balaban J connectivity index is 1.43. The van der Waals surface area contributed by atoms with Gasteiger partial charge in [0.15, 0.2) is 5.43 Å². The van der Waals surface area contributed by atoms with E-state index in [1.54, 1.807) is 25.1 Å². The SMILES string of the molecule is Cc1cc([C@@H](C)Nc2ccc(Cl)nc2-c2cc(F)c3c(c2)C=NOB3O)c2oc(N3CCOCC3)c(C)c(=O)c2c1. The van der Waals surface area contributed by atoms with Gasteiger partial charge in [-0.15, -0.1) is 5.16 Å². The Morgan fingerprint density at radius 1 is 1.17 bits per heavy atom. The number of nitrogens with zero attached hydrogens (tertiary/aromatic N) is 3. The average Bonchev–Trinajstić information content (AvgIpc) is 2.96. The van der Waals surface area contributed by atoms with Crippen molar-refractivity contribution in [2.45, 2.75) is 26.8 Å². The first-order valence-electron chi connectivity index (χ1n) is 13.3. The highest BCUT2D eigenvalue weighted by Gasteiger charge is 2.30. The lowest BCUT2D eigenvalue weighted by Gasteiger charge is -2.29. The summed E-state index contributed by atoms with van der Waals surface area (Å²) in [6.45, 7) is 8.07. The summed E-state index contributed by atoms with van der Waals surface area (Å²) in [6, 6.07) is 9.84. The number of ether oxygens (including phenoxy) is 1. The van der Waals surface area contributed by atoms with Crippen molar-refractivity contribution in [3.05, 3.63) is 79.8 Å². The number of hydrogen-bond donors (Lipinski definition) is 2. The number of pyridine rings is 1. The summed E-state index contributed by atoms with van der Waals surface area (Å²) in [5.74, 6) is -0.108. The van der Waals surface area contributed by atoms with Crippen LogP contribution in [-0.2, 0) is 9.49 Å². The minimum atomic E-state index is -1.50. The van der Waals surface area contributed by atoms with Gasteiger partial charge in [-0.1, -0.05) is 17.7 Å². The van der Waals surface area contributed by atoms with E-state index < -0.39 is 12.9 Å². The molecule has 0 amide bonds. The van der Waals surface area contributed by atoms with Crippen molar-refractivity contribution in [2.24, 2.45) is 5.16 Å². The van der Waals surface area contributed by atoms with Gasteiger partial charge < -0.3 is 29.1 Å². The number of aromatic nitrogens is 1. The lowest BCUT2D eigenvalue weighted by Crippen LogP contribution is -2.40. The fraction of sp³-hybridized carbons (Fsp3) is 0.276. The maximum absolute atomic E-state index is 15.1. The lowest BCUT2D eigenvalue weighted by atomic mass is 9.75. The molecule has 0 spiro atoms. The van der Waals surface area contributed by atoms with Crippen LogP contribution in [0.25, 0.3) is 22.2 Å². The summed E-state index contributed by atoms with van der Waals surface area (Å²) in [5, 5.41) is 17.9. The van der Waals surface area contributed by atoms with Gasteiger partial charge in [0.1, 0.15) is 16.6 Å². The van der Waals surface area contributed by atoms with Crippen LogP contribution in [0.2, 0.25) is 5.15 Å². The zero-order valence-corrected chi connectivity index (χ0v) is 23.5. The molecule has 0 unspecified atom stereocenters. The molecular weight excluding hydrogens is 550 g/mol. The molecule has 6 rings (SSSR count). The molecule has 2 aliphatic rings. The summed E-state index contributed by atoms with van der Waals surface area (Å²) in [5.41, 5.74) is 4.50. The van der Waals surface area contributed by atoms with Gasteiger partial charge in [-0.25, -0.2) is 9.37 Å². The van der Waals surface area contributed by atoms with Crippen LogP contribution in [-0.4, -0.2) is 49.6 Å². The van der Waals surface area contributed by atoms with E-state index in [0.29, 0.717) is 71.2 Å². The molecule has 9 nitrogen and oxygen atoms in total. The van der Waals surface area contributed by atoms with Gasteiger partial charge in [0.2, 0.25) is 5.88 Å². The van der Waals surface area contributed by atoms with E-state index >= 15 is 4.39 Å². The zero-order valence-electron chi connectivity index (χ0n) is 22.7. The molecule has 0 radical (unpaired) electrons. The molecule has 210 valence electrons. The fourth-order valence-electron chi connectivity index (χ4n) is 5.37. The van der Waals surface area contributed by atoms with E-state index in [2.05, 4.69) is 15.5 Å². The van der Waals surface area contributed by atoms with Crippen LogP contribution in [0.15, 0.2) is 50.8 Å². The third-order valence-electron chi connectivity index (χ3n) is 7.40. The molecule has 2 aliphatic heterocycles. The number of halogens is 2. The number of morpholine rings is 1. The molecule has 0 saturated carbocycles. The molecule has 41 heavy (non-hydrogen) atoms. The van der Waals surface area contributed by atoms with Gasteiger partial charge in [0, 0.05) is 35.2 Å². The van der Waals surface area contributed by atoms with E-state index in [1.165, 1.54) is 12.3 Å². The van der Waals surface area contributed by atoms with Gasteiger partial charge in [-0.05, 0) is 56.7 Å². The van der Waals surface area contributed by atoms with Crippen molar-refractivity contribution in [3.63, 3.8) is 0 Å². The normalized spacial score (nSPS) is 15.6. The molecule has 2 aromatic carbocycles. The Morgan fingerprint density at radius 2 is 1.95 bits per heavy atom. The first kappa shape index (κ1) is 27.3. The minimum absolute atomic E-state index is 0.00119. The highest BCUT2D eigenvalue weighted by molar-refractivity contribution is 6.62.